The lowest BCUT2D eigenvalue weighted by Crippen LogP contribution is -2.30. The number of thioether (sulfide) groups is 1. The van der Waals surface area contributed by atoms with Gasteiger partial charge in [0.1, 0.15) is 22.5 Å². The van der Waals surface area contributed by atoms with Crippen LogP contribution in [0.3, 0.4) is 0 Å². The fourth-order valence-corrected chi connectivity index (χ4v) is 8.02. The van der Waals surface area contributed by atoms with E-state index in [4.69, 9.17) is 14.2 Å². The SMILES string of the molecule is COc1cc(OC)c(OC)cc1/C=C(/NC(=O)c1ccccc1)C(=O)Nc1cccc(SCC(=O)Nc2sc3c(c2C#N)CCC(C(C)(C)C)C3)c1. The summed E-state index contributed by atoms with van der Waals surface area (Å²) in [6.45, 7) is 6.75. The Bertz CT molecular complexity index is 2030. The van der Waals surface area contributed by atoms with Crippen molar-refractivity contribution in [3.8, 4) is 23.3 Å². The predicted molar refractivity (Wildman–Crippen MR) is 206 cm³/mol. The van der Waals surface area contributed by atoms with Crippen molar-refractivity contribution in [2.75, 3.05) is 37.7 Å². The molecule has 3 aromatic carbocycles. The summed E-state index contributed by atoms with van der Waals surface area (Å²) in [5, 5.41) is 19.1. The van der Waals surface area contributed by atoms with Crippen LogP contribution in [0.5, 0.6) is 17.2 Å². The number of hydrogen-bond donors (Lipinski definition) is 3. The predicted octanol–water partition coefficient (Wildman–Crippen LogP) is 7.94. The second-order valence-electron chi connectivity index (χ2n) is 13.3. The van der Waals surface area contributed by atoms with Crippen LogP contribution in [-0.4, -0.2) is 44.8 Å². The van der Waals surface area contributed by atoms with Crippen molar-refractivity contribution < 1.29 is 28.6 Å². The first-order valence-electron chi connectivity index (χ1n) is 16.7. The normalized spacial score (nSPS) is 14.0. The monoisotopic (exact) mass is 738 g/mol. The number of carbonyl (C=O) groups is 3. The highest BCUT2D eigenvalue weighted by Gasteiger charge is 2.32. The van der Waals surface area contributed by atoms with E-state index >= 15 is 0 Å². The van der Waals surface area contributed by atoms with Crippen molar-refractivity contribution in [1.29, 1.82) is 5.26 Å². The molecule has 1 unspecified atom stereocenters. The summed E-state index contributed by atoms with van der Waals surface area (Å²) in [6, 6.07) is 21.2. The van der Waals surface area contributed by atoms with Crippen LogP contribution >= 0.6 is 23.1 Å². The summed E-state index contributed by atoms with van der Waals surface area (Å²) >= 11 is 2.81. The van der Waals surface area contributed by atoms with Gasteiger partial charge in [-0.3, -0.25) is 14.4 Å². The van der Waals surface area contributed by atoms with Crippen LogP contribution in [0.25, 0.3) is 6.08 Å². The molecule has 1 heterocycles. The highest BCUT2D eigenvalue weighted by molar-refractivity contribution is 8.00. The van der Waals surface area contributed by atoms with Crippen molar-refractivity contribution in [3.05, 3.63) is 99.6 Å². The lowest BCUT2D eigenvalue weighted by Gasteiger charge is -2.33. The number of fused-ring (bicyclic) bond motifs is 1. The van der Waals surface area contributed by atoms with Crippen LogP contribution in [0.4, 0.5) is 10.7 Å². The maximum absolute atomic E-state index is 13.8. The molecule has 270 valence electrons. The molecule has 1 aliphatic rings. The van der Waals surface area contributed by atoms with Gasteiger partial charge in [0.15, 0.2) is 11.5 Å². The molecule has 0 saturated heterocycles. The molecule has 5 rings (SSSR count). The minimum absolute atomic E-state index is 0.0439. The Kier molecular flexibility index (Phi) is 12.3. The number of nitrogens with zero attached hydrogens (tertiary/aromatic N) is 1. The topological polar surface area (TPSA) is 139 Å². The Balaban J connectivity index is 1.31. The van der Waals surface area contributed by atoms with Gasteiger partial charge in [-0.25, -0.2) is 0 Å². The Morgan fingerprint density at radius 2 is 1.65 bits per heavy atom. The third-order valence-electron chi connectivity index (χ3n) is 8.88. The first-order valence-corrected chi connectivity index (χ1v) is 18.5. The van der Waals surface area contributed by atoms with Crippen LogP contribution in [0.2, 0.25) is 0 Å². The summed E-state index contributed by atoms with van der Waals surface area (Å²) in [5.74, 6) is 0.594. The number of ether oxygens (including phenoxy) is 3. The van der Waals surface area contributed by atoms with Gasteiger partial charge < -0.3 is 30.2 Å². The highest BCUT2D eigenvalue weighted by Crippen LogP contribution is 2.44. The molecule has 3 amide bonds. The van der Waals surface area contributed by atoms with Crippen molar-refractivity contribution in [2.45, 2.75) is 44.9 Å². The molecule has 3 N–H and O–H groups in total. The lowest BCUT2D eigenvalue weighted by atomic mass is 9.72. The van der Waals surface area contributed by atoms with E-state index in [1.165, 1.54) is 55.4 Å². The van der Waals surface area contributed by atoms with Crippen LogP contribution in [0, 0.1) is 22.7 Å². The number of hydrogen-bond acceptors (Lipinski definition) is 9. The smallest absolute Gasteiger partial charge is 0.272 e. The molecule has 0 fully saturated rings. The van der Waals surface area contributed by atoms with Crippen LogP contribution in [0.15, 0.2) is 77.3 Å². The molecule has 0 saturated carbocycles. The zero-order chi connectivity index (χ0) is 37.4. The van der Waals surface area contributed by atoms with Gasteiger partial charge in [-0.15, -0.1) is 23.1 Å². The fraction of sp³-hybridized carbons (Fsp3) is 0.300. The fourth-order valence-electron chi connectivity index (χ4n) is 5.97. The van der Waals surface area contributed by atoms with Gasteiger partial charge >= 0.3 is 0 Å². The van der Waals surface area contributed by atoms with E-state index in [1.54, 1.807) is 60.7 Å². The number of methoxy groups -OCH3 is 3. The minimum atomic E-state index is -0.583. The standard InChI is InChI=1S/C40H42N4O6S2/c1-40(2,3)26-15-16-29-30(22-41)39(52-35(29)19-26)44-36(45)23-51-28-14-10-13-27(20-28)42-38(47)31(43-37(46)24-11-8-7-9-12-24)17-25-18-33(49-5)34(50-6)21-32(25)48-4/h7-14,17-18,20-21,26H,15-16,19,23H2,1-6H3,(H,42,47)(H,43,46)(H,44,45)/b31-17+. The number of anilines is 2. The summed E-state index contributed by atoms with van der Waals surface area (Å²) in [4.78, 5) is 42.0. The molecule has 4 aromatic rings. The number of nitrogens with one attached hydrogen (secondary N) is 3. The molecule has 0 aliphatic heterocycles. The second kappa shape index (κ2) is 16.8. The second-order valence-corrected chi connectivity index (χ2v) is 15.4. The van der Waals surface area contributed by atoms with E-state index in [1.807, 2.05) is 6.07 Å². The van der Waals surface area contributed by atoms with Gasteiger partial charge in [0.2, 0.25) is 5.91 Å². The quantitative estimate of drug-likeness (QED) is 0.0984. The van der Waals surface area contributed by atoms with Crippen LogP contribution in [0.1, 0.15) is 59.1 Å². The lowest BCUT2D eigenvalue weighted by molar-refractivity contribution is -0.114. The van der Waals surface area contributed by atoms with Crippen molar-refractivity contribution in [3.63, 3.8) is 0 Å². The van der Waals surface area contributed by atoms with Crippen molar-refractivity contribution in [1.82, 2.24) is 5.32 Å². The Morgan fingerprint density at radius 1 is 0.942 bits per heavy atom. The minimum Gasteiger partial charge on any atom is -0.496 e. The van der Waals surface area contributed by atoms with Gasteiger partial charge in [-0.2, -0.15) is 5.26 Å². The van der Waals surface area contributed by atoms with Crippen molar-refractivity contribution >= 4 is 57.6 Å². The van der Waals surface area contributed by atoms with E-state index in [9.17, 15) is 19.6 Å². The number of thiophene rings is 1. The van der Waals surface area contributed by atoms with Gasteiger partial charge in [0.25, 0.3) is 11.8 Å². The maximum Gasteiger partial charge on any atom is 0.272 e. The Labute approximate surface area is 312 Å². The van der Waals surface area contributed by atoms with E-state index in [0.717, 1.165) is 29.7 Å². The number of carbonyl (C=O) groups excluding carboxylic acids is 3. The molecule has 52 heavy (non-hydrogen) atoms. The van der Waals surface area contributed by atoms with E-state index in [0.29, 0.717) is 50.5 Å². The number of nitriles is 1. The molecule has 0 spiro atoms. The van der Waals surface area contributed by atoms with Crippen LogP contribution in [-0.2, 0) is 22.4 Å². The molecule has 1 aromatic heterocycles. The number of benzene rings is 3. The zero-order valence-electron chi connectivity index (χ0n) is 30.0. The average Bonchev–Trinajstić information content (AvgIpc) is 3.49. The zero-order valence-corrected chi connectivity index (χ0v) is 31.7. The third kappa shape index (κ3) is 9.15. The number of amides is 3. The van der Waals surface area contributed by atoms with E-state index < -0.39 is 11.8 Å². The summed E-state index contributed by atoms with van der Waals surface area (Å²) < 4.78 is 16.4. The van der Waals surface area contributed by atoms with Crippen LogP contribution < -0.4 is 30.2 Å². The molecule has 1 atom stereocenters. The van der Waals surface area contributed by atoms with Gasteiger partial charge in [0, 0.05) is 32.7 Å². The Hall–Kier alpha value is -5.25. The molecule has 1 aliphatic carbocycles. The van der Waals surface area contributed by atoms with Gasteiger partial charge in [-0.05, 0) is 78.6 Å². The van der Waals surface area contributed by atoms with Gasteiger partial charge in [0.05, 0.1) is 32.6 Å². The highest BCUT2D eigenvalue weighted by atomic mass is 32.2. The summed E-state index contributed by atoms with van der Waals surface area (Å²) in [7, 11) is 4.49. The molecule has 0 bridgehead atoms. The first-order chi connectivity index (χ1) is 24.9. The maximum atomic E-state index is 13.8. The molecule has 0 radical (unpaired) electrons. The average molecular weight is 739 g/mol. The molecular weight excluding hydrogens is 697 g/mol. The molecule has 10 nitrogen and oxygen atoms in total. The summed E-state index contributed by atoms with van der Waals surface area (Å²) in [5.41, 5.74) is 3.07. The van der Waals surface area contributed by atoms with Gasteiger partial charge in [-0.1, -0.05) is 45.0 Å². The Morgan fingerprint density at radius 3 is 2.33 bits per heavy atom. The largest absolute Gasteiger partial charge is 0.496 e. The molecule has 12 heteroatoms. The van der Waals surface area contributed by atoms with E-state index in [-0.39, 0.29) is 22.8 Å². The van der Waals surface area contributed by atoms with Crippen molar-refractivity contribution in [2.24, 2.45) is 11.3 Å². The molecular formula is C40H42N4O6S2. The summed E-state index contributed by atoms with van der Waals surface area (Å²) in [6.07, 6.45) is 4.28. The third-order valence-corrected chi connectivity index (χ3v) is 11.0. The first kappa shape index (κ1) is 38.0. The number of rotatable bonds is 12. The van der Waals surface area contributed by atoms with E-state index in [2.05, 4.69) is 42.8 Å².